The second-order valence-corrected chi connectivity index (χ2v) is 5.45. The Morgan fingerprint density at radius 2 is 1.88 bits per heavy atom. The minimum Gasteiger partial charge on any atom is -0.351 e. The minimum absolute atomic E-state index is 0.282. The molecule has 120 valence electrons. The molecule has 3 aromatic heterocycles. The highest BCUT2D eigenvalue weighted by Gasteiger charge is 2.10. The van der Waals surface area contributed by atoms with Gasteiger partial charge in [-0.05, 0) is 37.3 Å². The van der Waals surface area contributed by atoms with Gasteiger partial charge in [-0.15, -0.1) is 0 Å². The van der Waals surface area contributed by atoms with Gasteiger partial charge in [-0.2, -0.15) is 0 Å². The normalized spacial score (nSPS) is 10.2. The van der Waals surface area contributed by atoms with Crippen LogP contribution in [-0.2, 0) is 0 Å². The monoisotopic (exact) mass is 339 g/mol. The van der Waals surface area contributed by atoms with E-state index in [4.69, 9.17) is 11.6 Å². The molecule has 0 aliphatic carbocycles. The largest absolute Gasteiger partial charge is 0.351 e. The van der Waals surface area contributed by atoms with Gasteiger partial charge >= 0.3 is 0 Å². The molecule has 0 aliphatic heterocycles. The number of nitrogens with one attached hydrogen (secondary N) is 2. The lowest BCUT2D eigenvalue weighted by atomic mass is 10.2. The van der Waals surface area contributed by atoms with Gasteiger partial charge in [-0.3, -0.25) is 14.8 Å². The number of rotatable bonds is 4. The van der Waals surface area contributed by atoms with E-state index >= 15 is 0 Å². The van der Waals surface area contributed by atoms with E-state index in [1.54, 1.807) is 36.8 Å². The number of pyridine rings is 3. The van der Waals surface area contributed by atoms with Crippen molar-refractivity contribution in [3.05, 3.63) is 71.5 Å². The van der Waals surface area contributed by atoms with Crippen molar-refractivity contribution in [2.45, 2.75) is 6.92 Å². The van der Waals surface area contributed by atoms with Crippen LogP contribution < -0.4 is 10.6 Å². The van der Waals surface area contributed by atoms with Crippen molar-refractivity contribution in [3.63, 3.8) is 0 Å². The number of anilines is 3. The third-order valence-corrected chi connectivity index (χ3v) is 3.47. The summed E-state index contributed by atoms with van der Waals surface area (Å²) in [5, 5.41) is 6.36. The van der Waals surface area contributed by atoms with E-state index in [0.717, 1.165) is 11.4 Å². The predicted molar refractivity (Wildman–Crippen MR) is 93.7 cm³/mol. The maximum absolute atomic E-state index is 12.3. The molecule has 7 heteroatoms. The van der Waals surface area contributed by atoms with E-state index in [0.29, 0.717) is 22.1 Å². The molecule has 0 fully saturated rings. The van der Waals surface area contributed by atoms with E-state index in [9.17, 15) is 4.79 Å². The number of carbonyl (C=O) groups excluding carboxylic acids is 1. The van der Waals surface area contributed by atoms with Gasteiger partial charge in [-0.25, -0.2) is 4.98 Å². The Morgan fingerprint density at radius 1 is 1.00 bits per heavy atom. The number of aromatic nitrogens is 3. The van der Waals surface area contributed by atoms with Crippen LogP contribution in [0.5, 0.6) is 0 Å². The Morgan fingerprint density at radius 3 is 2.58 bits per heavy atom. The molecule has 0 aromatic carbocycles. The maximum Gasteiger partial charge on any atom is 0.257 e. The molecule has 0 atom stereocenters. The van der Waals surface area contributed by atoms with Crippen molar-refractivity contribution in [2.24, 2.45) is 0 Å². The number of aryl methyl sites for hydroxylation is 1. The van der Waals surface area contributed by atoms with Crippen molar-refractivity contribution in [3.8, 4) is 0 Å². The van der Waals surface area contributed by atoms with Crippen LogP contribution in [0.3, 0.4) is 0 Å². The van der Waals surface area contributed by atoms with Crippen molar-refractivity contribution >= 4 is 34.6 Å². The van der Waals surface area contributed by atoms with E-state index in [-0.39, 0.29) is 5.91 Å². The number of hydrogen-bond donors (Lipinski definition) is 2. The molecule has 0 spiro atoms. The summed E-state index contributed by atoms with van der Waals surface area (Å²) in [6.45, 7) is 1.92. The van der Waals surface area contributed by atoms with Crippen molar-refractivity contribution < 1.29 is 4.79 Å². The average Bonchev–Trinajstić information content (AvgIpc) is 2.59. The number of carbonyl (C=O) groups is 1. The lowest BCUT2D eigenvalue weighted by molar-refractivity contribution is 0.102. The standard InChI is InChI=1S/C17H14ClN5O/c1-11-2-4-13(9-20-11)22-15-10-19-7-6-14(15)23-17(24)12-3-5-16(18)21-8-12/h2-10,22H,1H3,(H,19,23,24). The third kappa shape index (κ3) is 3.85. The zero-order valence-corrected chi connectivity index (χ0v) is 13.6. The van der Waals surface area contributed by atoms with Crippen LogP contribution in [0.4, 0.5) is 17.1 Å². The Bertz CT molecular complexity index is 850. The summed E-state index contributed by atoms with van der Waals surface area (Å²) < 4.78 is 0. The van der Waals surface area contributed by atoms with Crippen LogP contribution in [-0.4, -0.2) is 20.9 Å². The second-order valence-electron chi connectivity index (χ2n) is 5.06. The SMILES string of the molecule is Cc1ccc(Nc2cnccc2NC(=O)c2ccc(Cl)nc2)cn1. The summed E-state index contributed by atoms with van der Waals surface area (Å²) in [5.41, 5.74) is 3.41. The molecule has 0 bridgehead atoms. The van der Waals surface area contributed by atoms with Gasteiger partial charge in [-0.1, -0.05) is 11.6 Å². The van der Waals surface area contributed by atoms with Crippen molar-refractivity contribution in [1.82, 2.24) is 15.0 Å². The third-order valence-electron chi connectivity index (χ3n) is 3.25. The summed E-state index contributed by atoms with van der Waals surface area (Å²) in [6.07, 6.45) is 6.39. The molecular formula is C17H14ClN5O. The van der Waals surface area contributed by atoms with Gasteiger partial charge in [0.2, 0.25) is 0 Å². The molecule has 0 radical (unpaired) electrons. The average molecular weight is 340 g/mol. The second kappa shape index (κ2) is 7.06. The highest BCUT2D eigenvalue weighted by molar-refractivity contribution is 6.29. The predicted octanol–water partition coefficient (Wildman–Crippen LogP) is 3.83. The zero-order valence-electron chi connectivity index (χ0n) is 12.8. The molecule has 24 heavy (non-hydrogen) atoms. The summed E-state index contributed by atoms with van der Waals surface area (Å²) in [5.74, 6) is -0.282. The Labute approximate surface area is 143 Å². The topological polar surface area (TPSA) is 79.8 Å². The number of amides is 1. The summed E-state index contributed by atoms with van der Waals surface area (Å²) in [4.78, 5) is 24.5. The minimum atomic E-state index is -0.282. The van der Waals surface area contributed by atoms with Gasteiger partial charge in [0.25, 0.3) is 5.91 Å². The van der Waals surface area contributed by atoms with Crippen LogP contribution in [0.2, 0.25) is 5.15 Å². The Kier molecular flexibility index (Phi) is 4.67. The van der Waals surface area contributed by atoms with E-state index in [1.807, 2.05) is 19.1 Å². The fourth-order valence-electron chi connectivity index (χ4n) is 2.00. The van der Waals surface area contributed by atoms with Crippen LogP contribution in [0.15, 0.2) is 55.1 Å². The quantitative estimate of drug-likeness (QED) is 0.706. The first-order valence-corrected chi connectivity index (χ1v) is 7.56. The number of hydrogen-bond acceptors (Lipinski definition) is 5. The van der Waals surface area contributed by atoms with Gasteiger partial charge in [0, 0.05) is 18.1 Å². The van der Waals surface area contributed by atoms with Gasteiger partial charge in [0.05, 0.1) is 35.0 Å². The maximum atomic E-state index is 12.3. The Balaban J connectivity index is 1.79. The molecule has 3 aromatic rings. The summed E-state index contributed by atoms with van der Waals surface area (Å²) >= 11 is 5.74. The highest BCUT2D eigenvalue weighted by Crippen LogP contribution is 2.24. The van der Waals surface area contributed by atoms with Crippen LogP contribution in [0.25, 0.3) is 0 Å². The first kappa shape index (κ1) is 15.9. The fourth-order valence-corrected chi connectivity index (χ4v) is 2.12. The first-order chi connectivity index (χ1) is 11.6. The molecule has 3 heterocycles. The molecule has 6 nitrogen and oxygen atoms in total. The Hall–Kier alpha value is -2.99. The molecule has 0 saturated carbocycles. The van der Waals surface area contributed by atoms with Crippen LogP contribution >= 0.6 is 11.6 Å². The van der Waals surface area contributed by atoms with E-state index in [1.165, 1.54) is 6.20 Å². The summed E-state index contributed by atoms with van der Waals surface area (Å²) in [7, 11) is 0. The van der Waals surface area contributed by atoms with Gasteiger partial charge in [0.15, 0.2) is 0 Å². The van der Waals surface area contributed by atoms with Crippen LogP contribution in [0, 0.1) is 6.92 Å². The highest BCUT2D eigenvalue weighted by atomic mass is 35.5. The fraction of sp³-hybridized carbons (Fsp3) is 0.0588. The van der Waals surface area contributed by atoms with Crippen molar-refractivity contribution in [2.75, 3.05) is 10.6 Å². The zero-order chi connectivity index (χ0) is 16.9. The summed E-state index contributed by atoms with van der Waals surface area (Å²) in [6, 6.07) is 8.70. The smallest absolute Gasteiger partial charge is 0.257 e. The molecule has 0 aliphatic rings. The lowest BCUT2D eigenvalue weighted by Gasteiger charge is -2.12. The molecule has 1 amide bonds. The molecule has 3 rings (SSSR count). The number of nitrogens with zero attached hydrogens (tertiary/aromatic N) is 3. The van der Waals surface area contributed by atoms with Crippen molar-refractivity contribution in [1.29, 1.82) is 0 Å². The molecular weight excluding hydrogens is 326 g/mol. The molecule has 2 N–H and O–H groups in total. The molecule has 0 unspecified atom stereocenters. The number of halogens is 1. The first-order valence-electron chi connectivity index (χ1n) is 7.18. The van der Waals surface area contributed by atoms with Gasteiger partial charge in [0.1, 0.15) is 5.15 Å². The van der Waals surface area contributed by atoms with Gasteiger partial charge < -0.3 is 10.6 Å². The van der Waals surface area contributed by atoms with E-state index < -0.39 is 0 Å². The molecule has 0 saturated heterocycles. The lowest BCUT2D eigenvalue weighted by Crippen LogP contribution is -2.13. The van der Waals surface area contributed by atoms with E-state index in [2.05, 4.69) is 25.6 Å². The van der Waals surface area contributed by atoms with Crippen LogP contribution in [0.1, 0.15) is 16.1 Å².